The van der Waals surface area contributed by atoms with Crippen molar-refractivity contribution in [3.8, 4) is 23.3 Å². The molecule has 0 atom stereocenters. The first-order valence-electron chi connectivity index (χ1n) is 5.93. The first-order chi connectivity index (χ1) is 10.0. The molecule has 2 aromatic carbocycles. The minimum Gasteiger partial charge on any atom is -0.497 e. The summed E-state index contributed by atoms with van der Waals surface area (Å²) in [4.78, 5) is 11.0. The number of rotatable bonds is 4. The van der Waals surface area contributed by atoms with E-state index < -0.39 is 5.97 Å². The highest BCUT2D eigenvalue weighted by Gasteiger charge is 2.10. The topological polar surface area (TPSA) is 106 Å². The average Bonchev–Trinajstić information content (AvgIpc) is 2.48. The number of aromatic carboxylic acids is 1. The highest BCUT2D eigenvalue weighted by Crippen LogP contribution is 2.31. The second-order valence-electron chi connectivity index (χ2n) is 4.17. The summed E-state index contributed by atoms with van der Waals surface area (Å²) < 4.78 is 10.6. The van der Waals surface area contributed by atoms with Gasteiger partial charge >= 0.3 is 5.97 Å². The summed E-state index contributed by atoms with van der Waals surface area (Å²) in [5.41, 5.74) is 6.47. The van der Waals surface area contributed by atoms with Crippen LogP contribution < -0.4 is 15.2 Å². The number of nitrogens with zero attached hydrogens (tertiary/aromatic N) is 1. The van der Waals surface area contributed by atoms with E-state index in [2.05, 4.69) is 0 Å². The van der Waals surface area contributed by atoms with Crippen molar-refractivity contribution in [2.45, 2.75) is 0 Å². The van der Waals surface area contributed by atoms with Crippen molar-refractivity contribution in [1.29, 1.82) is 5.26 Å². The smallest absolute Gasteiger partial charge is 0.335 e. The maximum Gasteiger partial charge on any atom is 0.335 e. The van der Waals surface area contributed by atoms with Gasteiger partial charge in [0.25, 0.3) is 0 Å². The van der Waals surface area contributed by atoms with Crippen LogP contribution in [0, 0.1) is 11.3 Å². The quantitative estimate of drug-likeness (QED) is 0.836. The number of benzene rings is 2. The number of hydrogen-bond acceptors (Lipinski definition) is 5. The molecule has 0 amide bonds. The van der Waals surface area contributed by atoms with Crippen molar-refractivity contribution in [3.05, 3.63) is 47.5 Å². The first-order valence-corrected chi connectivity index (χ1v) is 5.93. The van der Waals surface area contributed by atoms with E-state index in [-0.39, 0.29) is 11.3 Å². The molecule has 21 heavy (non-hydrogen) atoms. The van der Waals surface area contributed by atoms with Gasteiger partial charge in [0.1, 0.15) is 11.5 Å². The van der Waals surface area contributed by atoms with Crippen LogP contribution in [0.15, 0.2) is 36.4 Å². The molecule has 0 spiro atoms. The summed E-state index contributed by atoms with van der Waals surface area (Å²) in [7, 11) is 1.47. The fourth-order valence-corrected chi connectivity index (χ4v) is 1.70. The highest BCUT2D eigenvalue weighted by atomic mass is 16.5. The van der Waals surface area contributed by atoms with E-state index in [1.54, 1.807) is 12.1 Å². The van der Waals surface area contributed by atoms with Gasteiger partial charge in [-0.05, 0) is 30.3 Å². The summed E-state index contributed by atoms with van der Waals surface area (Å²) in [6.45, 7) is 0. The number of nitriles is 1. The van der Waals surface area contributed by atoms with E-state index in [1.807, 2.05) is 6.07 Å². The van der Waals surface area contributed by atoms with Crippen LogP contribution in [-0.4, -0.2) is 18.2 Å². The predicted octanol–water partition coefficient (Wildman–Crippen LogP) is 2.64. The van der Waals surface area contributed by atoms with Gasteiger partial charge in [-0.2, -0.15) is 5.26 Å². The van der Waals surface area contributed by atoms with Gasteiger partial charge in [0.2, 0.25) is 0 Å². The second kappa shape index (κ2) is 5.84. The Morgan fingerprint density at radius 3 is 2.57 bits per heavy atom. The van der Waals surface area contributed by atoms with Gasteiger partial charge in [0, 0.05) is 6.07 Å². The number of anilines is 1. The SMILES string of the molecule is COc1cc(C#N)cc(Oc2cc(C(=O)O)ccc2N)c1. The Bertz CT molecular complexity index is 735. The normalized spacial score (nSPS) is 9.71. The predicted molar refractivity (Wildman–Crippen MR) is 75.6 cm³/mol. The van der Waals surface area contributed by atoms with Crippen LogP contribution in [0.25, 0.3) is 0 Å². The van der Waals surface area contributed by atoms with E-state index in [9.17, 15) is 4.79 Å². The van der Waals surface area contributed by atoms with Crippen molar-refractivity contribution >= 4 is 11.7 Å². The molecule has 0 fully saturated rings. The molecule has 2 aromatic rings. The number of hydrogen-bond donors (Lipinski definition) is 2. The molecule has 0 bridgehead atoms. The van der Waals surface area contributed by atoms with E-state index in [1.165, 1.54) is 31.4 Å². The van der Waals surface area contributed by atoms with Gasteiger partial charge in [0.15, 0.2) is 5.75 Å². The Balaban J connectivity index is 2.40. The molecule has 106 valence electrons. The van der Waals surface area contributed by atoms with Crippen LogP contribution in [0.4, 0.5) is 5.69 Å². The number of ether oxygens (including phenoxy) is 2. The molecule has 0 saturated carbocycles. The third-order valence-corrected chi connectivity index (χ3v) is 2.73. The first kappa shape index (κ1) is 14.2. The van der Waals surface area contributed by atoms with Gasteiger partial charge in [-0.15, -0.1) is 0 Å². The molecule has 6 heteroatoms. The zero-order chi connectivity index (χ0) is 15.4. The number of methoxy groups -OCH3 is 1. The Labute approximate surface area is 120 Å². The summed E-state index contributed by atoms with van der Waals surface area (Å²) in [6.07, 6.45) is 0. The third-order valence-electron chi connectivity index (χ3n) is 2.73. The van der Waals surface area contributed by atoms with Gasteiger partial charge in [-0.1, -0.05) is 0 Å². The molecule has 0 heterocycles. The lowest BCUT2D eigenvalue weighted by Gasteiger charge is -2.11. The van der Waals surface area contributed by atoms with E-state index >= 15 is 0 Å². The molecule has 2 rings (SSSR count). The Hall–Kier alpha value is -3.20. The molecule has 0 saturated heterocycles. The van der Waals surface area contributed by atoms with Gasteiger partial charge < -0.3 is 20.3 Å². The summed E-state index contributed by atoms with van der Waals surface area (Å²) >= 11 is 0. The zero-order valence-corrected chi connectivity index (χ0v) is 11.2. The maximum atomic E-state index is 11.0. The number of carboxylic acid groups (broad SMARTS) is 1. The molecular weight excluding hydrogens is 272 g/mol. The van der Waals surface area contributed by atoms with E-state index in [4.69, 9.17) is 25.6 Å². The average molecular weight is 284 g/mol. The van der Waals surface area contributed by atoms with Crippen LogP contribution in [-0.2, 0) is 0 Å². The van der Waals surface area contributed by atoms with Gasteiger partial charge in [0.05, 0.1) is 30.0 Å². The van der Waals surface area contributed by atoms with Crippen molar-refractivity contribution in [2.24, 2.45) is 0 Å². The molecule has 6 nitrogen and oxygen atoms in total. The van der Waals surface area contributed by atoms with Crippen LogP contribution in [0.1, 0.15) is 15.9 Å². The molecule has 0 aliphatic rings. The van der Waals surface area contributed by atoms with Gasteiger partial charge in [-0.3, -0.25) is 0 Å². The number of carbonyl (C=O) groups is 1. The fourth-order valence-electron chi connectivity index (χ4n) is 1.70. The molecule has 0 aliphatic heterocycles. The largest absolute Gasteiger partial charge is 0.497 e. The minimum absolute atomic E-state index is 0.0580. The molecular formula is C15H12N2O4. The Morgan fingerprint density at radius 2 is 1.95 bits per heavy atom. The third kappa shape index (κ3) is 3.22. The molecule has 0 unspecified atom stereocenters. The lowest BCUT2D eigenvalue weighted by Crippen LogP contribution is -1.99. The molecule has 0 radical (unpaired) electrons. The van der Waals surface area contributed by atoms with Crippen molar-refractivity contribution in [1.82, 2.24) is 0 Å². The summed E-state index contributed by atoms with van der Waals surface area (Å²) in [6, 6.07) is 10.8. The summed E-state index contributed by atoms with van der Waals surface area (Å²) in [5, 5.41) is 17.9. The Morgan fingerprint density at radius 1 is 1.24 bits per heavy atom. The fraction of sp³-hybridized carbons (Fsp3) is 0.0667. The van der Waals surface area contributed by atoms with Crippen LogP contribution in [0.3, 0.4) is 0 Å². The van der Waals surface area contributed by atoms with Gasteiger partial charge in [-0.25, -0.2) is 4.79 Å². The van der Waals surface area contributed by atoms with Crippen molar-refractivity contribution in [2.75, 3.05) is 12.8 Å². The monoisotopic (exact) mass is 284 g/mol. The lowest BCUT2D eigenvalue weighted by atomic mass is 10.2. The molecule has 3 N–H and O–H groups in total. The molecule has 0 aliphatic carbocycles. The van der Waals surface area contributed by atoms with E-state index in [0.29, 0.717) is 22.7 Å². The highest BCUT2D eigenvalue weighted by molar-refractivity contribution is 5.89. The standard InChI is InChI=1S/C15H12N2O4/c1-20-11-4-9(8-16)5-12(7-11)21-14-6-10(15(18)19)2-3-13(14)17/h2-7H,17H2,1H3,(H,18,19). The Kier molecular flexibility index (Phi) is 3.95. The van der Waals surface area contributed by atoms with Crippen molar-refractivity contribution in [3.63, 3.8) is 0 Å². The van der Waals surface area contributed by atoms with Crippen LogP contribution in [0.2, 0.25) is 0 Å². The van der Waals surface area contributed by atoms with Crippen molar-refractivity contribution < 1.29 is 19.4 Å². The second-order valence-corrected chi connectivity index (χ2v) is 4.17. The lowest BCUT2D eigenvalue weighted by molar-refractivity contribution is 0.0696. The van der Waals surface area contributed by atoms with Crippen LogP contribution >= 0.6 is 0 Å². The molecule has 0 aromatic heterocycles. The minimum atomic E-state index is -1.08. The number of nitrogen functional groups attached to an aromatic ring is 1. The van der Waals surface area contributed by atoms with E-state index in [0.717, 1.165) is 0 Å². The van der Waals surface area contributed by atoms with Crippen LogP contribution in [0.5, 0.6) is 17.2 Å². The number of nitrogens with two attached hydrogens (primary N) is 1. The summed E-state index contributed by atoms with van der Waals surface area (Å²) in [5.74, 6) is -0.0904. The maximum absolute atomic E-state index is 11.0. The zero-order valence-electron chi connectivity index (χ0n) is 11.2. The number of carboxylic acids is 1.